The average Bonchev–Trinajstić information content (AvgIpc) is 2.64. The van der Waals surface area contributed by atoms with E-state index in [4.69, 9.17) is 14.0 Å². The van der Waals surface area contributed by atoms with Crippen LogP contribution < -0.4 is 9.47 Å². The number of benzene rings is 2. The van der Waals surface area contributed by atoms with Gasteiger partial charge in [-0.2, -0.15) is 8.42 Å². The van der Waals surface area contributed by atoms with E-state index in [2.05, 4.69) is 6.58 Å². The fourth-order valence-electron chi connectivity index (χ4n) is 2.35. The van der Waals surface area contributed by atoms with Gasteiger partial charge >= 0.3 is 0 Å². The number of rotatable bonds is 11. The van der Waals surface area contributed by atoms with E-state index in [0.29, 0.717) is 19.0 Å². The molecule has 140 valence electrons. The third-order valence-electron chi connectivity index (χ3n) is 3.81. The lowest BCUT2D eigenvalue weighted by molar-refractivity contribution is 0.287. The molecule has 0 amide bonds. The van der Waals surface area contributed by atoms with E-state index < -0.39 is 10.1 Å². The summed E-state index contributed by atoms with van der Waals surface area (Å²) in [6.45, 7) is 4.97. The van der Waals surface area contributed by atoms with Crippen molar-refractivity contribution in [1.82, 2.24) is 0 Å². The number of hydrogen-bond donors (Lipinski definition) is 1. The molecule has 26 heavy (non-hydrogen) atoms. The average molecular weight is 376 g/mol. The Bertz CT molecular complexity index is 780. The summed E-state index contributed by atoms with van der Waals surface area (Å²) in [6, 6.07) is 13.6. The Morgan fingerprint density at radius 2 is 1.27 bits per heavy atom. The topological polar surface area (TPSA) is 72.8 Å². The molecular formula is C20H24O5S. The van der Waals surface area contributed by atoms with Crippen molar-refractivity contribution in [3.05, 3.63) is 60.7 Å². The van der Waals surface area contributed by atoms with Gasteiger partial charge in [0, 0.05) is 0 Å². The Morgan fingerprint density at radius 3 is 1.69 bits per heavy atom. The van der Waals surface area contributed by atoms with Crippen molar-refractivity contribution < 1.29 is 22.4 Å². The maximum atomic E-state index is 10.9. The highest BCUT2D eigenvalue weighted by molar-refractivity contribution is 7.85. The summed E-state index contributed by atoms with van der Waals surface area (Å²) in [6.07, 6.45) is 5.77. The third-order valence-corrected chi connectivity index (χ3v) is 4.68. The SMILES string of the molecule is C=Cc1ccc(OCCCCCCOc2ccc(S(=O)(=O)O)cc2)cc1. The van der Waals surface area contributed by atoms with Crippen molar-refractivity contribution in [1.29, 1.82) is 0 Å². The molecule has 0 bridgehead atoms. The second-order valence-corrected chi connectivity index (χ2v) is 7.25. The maximum Gasteiger partial charge on any atom is 0.294 e. The second-order valence-electron chi connectivity index (χ2n) is 5.83. The number of ether oxygens (including phenoxy) is 2. The predicted molar refractivity (Wildman–Crippen MR) is 102 cm³/mol. The van der Waals surface area contributed by atoms with E-state index in [1.165, 1.54) is 24.3 Å². The summed E-state index contributed by atoms with van der Waals surface area (Å²) in [7, 11) is -4.15. The third kappa shape index (κ3) is 6.90. The molecule has 2 aromatic carbocycles. The minimum atomic E-state index is -4.15. The molecule has 0 heterocycles. The Morgan fingerprint density at radius 1 is 0.808 bits per heavy atom. The van der Waals surface area contributed by atoms with Crippen LogP contribution in [-0.4, -0.2) is 26.2 Å². The molecule has 0 fully saturated rings. The zero-order valence-corrected chi connectivity index (χ0v) is 15.5. The van der Waals surface area contributed by atoms with Gasteiger partial charge in [-0.15, -0.1) is 0 Å². The van der Waals surface area contributed by atoms with Crippen LogP contribution in [0, 0.1) is 0 Å². The first-order valence-electron chi connectivity index (χ1n) is 8.55. The lowest BCUT2D eigenvalue weighted by Crippen LogP contribution is -2.01. The van der Waals surface area contributed by atoms with Crippen molar-refractivity contribution in [2.24, 2.45) is 0 Å². The van der Waals surface area contributed by atoms with Gasteiger partial charge in [-0.05, 0) is 67.6 Å². The van der Waals surface area contributed by atoms with E-state index in [1.807, 2.05) is 24.3 Å². The largest absolute Gasteiger partial charge is 0.494 e. The van der Waals surface area contributed by atoms with Crippen molar-refractivity contribution in [3.63, 3.8) is 0 Å². The molecule has 5 nitrogen and oxygen atoms in total. The quantitative estimate of drug-likeness (QED) is 0.458. The van der Waals surface area contributed by atoms with Crippen LogP contribution in [0.5, 0.6) is 11.5 Å². The Balaban J connectivity index is 1.54. The van der Waals surface area contributed by atoms with E-state index in [0.717, 1.165) is 37.0 Å². The first-order valence-corrected chi connectivity index (χ1v) is 9.99. The molecule has 0 aliphatic heterocycles. The van der Waals surface area contributed by atoms with Crippen molar-refractivity contribution >= 4 is 16.2 Å². The van der Waals surface area contributed by atoms with Crippen LogP contribution in [-0.2, 0) is 10.1 Å². The van der Waals surface area contributed by atoms with Gasteiger partial charge in [0.1, 0.15) is 11.5 Å². The Hall–Kier alpha value is -2.31. The molecule has 0 unspecified atom stereocenters. The summed E-state index contributed by atoms with van der Waals surface area (Å²) >= 11 is 0. The van der Waals surface area contributed by atoms with E-state index in [-0.39, 0.29) is 4.90 Å². The minimum Gasteiger partial charge on any atom is -0.494 e. The maximum absolute atomic E-state index is 10.9. The predicted octanol–water partition coefficient (Wildman–Crippen LogP) is 4.59. The highest BCUT2D eigenvalue weighted by Gasteiger charge is 2.08. The highest BCUT2D eigenvalue weighted by Crippen LogP contribution is 2.16. The van der Waals surface area contributed by atoms with Crippen LogP contribution in [0.15, 0.2) is 60.0 Å². The van der Waals surface area contributed by atoms with Gasteiger partial charge < -0.3 is 9.47 Å². The van der Waals surface area contributed by atoms with Gasteiger partial charge in [-0.1, -0.05) is 24.8 Å². The Labute approximate surface area is 155 Å². The first kappa shape index (κ1) is 20.0. The minimum absolute atomic E-state index is 0.135. The summed E-state index contributed by atoms with van der Waals surface area (Å²) < 4.78 is 42.1. The van der Waals surface area contributed by atoms with Gasteiger partial charge in [0.05, 0.1) is 18.1 Å². The summed E-state index contributed by atoms with van der Waals surface area (Å²) in [5.41, 5.74) is 1.07. The molecule has 0 aliphatic rings. The lowest BCUT2D eigenvalue weighted by Gasteiger charge is -2.08. The van der Waals surface area contributed by atoms with Crippen LogP contribution in [0.1, 0.15) is 31.2 Å². The Kier molecular flexibility index (Phi) is 7.69. The van der Waals surface area contributed by atoms with Gasteiger partial charge in [0.2, 0.25) is 0 Å². The first-order chi connectivity index (χ1) is 12.5. The van der Waals surface area contributed by atoms with Crippen LogP contribution in [0.25, 0.3) is 6.08 Å². The van der Waals surface area contributed by atoms with Gasteiger partial charge in [0.25, 0.3) is 10.1 Å². The van der Waals surface area contributed by atoms with Gasteiger partial charge in [-0.3, -0.25) is 4.55 Å². The van der Waals surface area contributed by atoms with Gasteiger partial charge in [0.15, 0.2) is 0 Å². The molecule has 0 saturated carbocycles. The highest BCUT2D eigenvalue weighted by atomic mass is 32.2. The van der Waals surface area contributed by atoms with E-state index in [9.17, 15) is 8.42 Å². The molecule has 0 radical (unpaired) electrons. The summed E-state index contributed by atoms with van der Waals surface area (Å²) in [4.78, 5) is -0.135. The van der Waals surface area contributed by atoms with Crippen LogP contribution in [0.3, 0.4) is 0 Å². The molecule has 2 rings (SSSR count). The normalized spacial score (nSPS) is 11.1. The lowest BCUT2D eigenvalue weighted by atomic mass is 10.2. The number of hydrogen-bond acceptors (Lipinski definition) is 4. The van der Waals surface area contributed by atoms with Crippen molar-refractivity contribution in [3.8, 4) is 11.5 Å². The summed E-state index contributed by atoms with van der Waals surface area (Å²) in [5.74, 6) is 1.45. The van der Waals surface area contributed by atoms with E-state index in [1.54, 1.807) is 6.08 Å². The summed E-state index contributed by atoms with van der Waals surface area (Å²) in [5, 5.41) is 0. The smallest absolute Gasteiger partial charge is 0.294 e. The molecule has 0 saturated heterocycles. The number of unbranched alkanes of at least 4 members (excludes halogenated alkanes) is 3. The zero-order chi connectivity index (χ0) is 18.8. The monoisotopic (exact) mass is 376 g/mol. The van der Waals surface area contributed by atoms with E-state index >= 15 is 0 Å². The van der Waals surface area contributed by atoms with Crippen molar-refractivity contribution in [2.75, 3.05) is 13.2 Å². The second kappa shape index (κ2) is 9.99. The molecule has 0 atom stereocenters. The van der Waals surface area contributed by atoms with Crippen LogP contribution >= 0.6 is 0 Å². The molecule has 2 aromatic rings. The molecular weight excluding hydrogens is 352 g/mol. The molecule has 0 spiro atoms. The fourth-order valence-corrected chi connectivity index (χ4v) is 2.83. The molecule has 0 aromatic heterocycles. The van der Waals surface area contributed by atoms with Gasteiger partial charge in [-0.25, -0.2) is 0 Å². The fraction of sp³-hybridized carbons (Fsp3) is 0.300. The van der Waals surface area contributed by atoms with Crippen molar-refractivity contribution in [2.45, 2.75) is 30.6 Å². The zero-order valence-electron chi connectivity index (χ0n) is 14.6. The standard InChI is InChI=1S/C20H24O5S/c1-2-17-7-9-18(10-8-17)24-15-5-3-4-6-16-25-19-11-13-20(14-12-19)26(21,22)23/h2,7-14H,1,3-6,15-16H2,(H,21,22,23). The molecule has 1 N–H and O–H groups in total. The van der Waals surface area contributed by atoms with Crippen LogP contribution in [0.4, 0.5) is 0 Å². The van der Waals surface area contributed by atoms with Crippen LogP contribution in [0.2, 0.25) is 0 Å². The molecule has 6 heteroatoms. The molecule has 0 aliphatic carbocycles.